The number of halogens is 4. The third-order valence-electron chi connectivity index (χ3n) is 1.84. The summed E-state index contributed by atoms with van der Waals surface area (Å²) in [6.07, 6.45) is 0. The van der Waals surface area contributed by atoms with Crippen LogP contribution in [-0.4, -0.2) is 0 Å². The van der Waals surface area contributed by atoms with Gasteiger partial charge < -0.3 is 0 Å². The first-order chi connectivity index (χ1) is 8.18. The van der Waals surface area contributed by atoms with Gasteiger partial charge in [0.2, 0.25) is 0 Å². The first-order valence-electron chi connectivity index (χ1n) is 4.83. The fraction of sp³-hybridized carbons (Fsp3) is 0. The zero-order valence-corrected chi connectivity index (χ0v) is 14.2. The lowest BCUT2D eigenvalue weighted by molar-refractivity contribution is 1.76. The fourth-order valence-corrected chi connectivity index (χ4v) is 2.26. The molecular weight excluding hydrogens is 348 g/mol. The molecule has 0 aromatic heterocycles. The monoisotopic (exact) mass is 358 g/mol. The van der Waals surface area contributed by atoms with Crippen LogP contribution in [0.4, 0.5) is 0 Å². The molecule has 0 N–H and O–H groups in total. The van der Waals surface area contributed by atoms with E-state index < -0.39 is 5.98 Å². The van der Waals surface area contributed by atoms with Gasteiger partial charge in [-0.15, -0.1) is 12.4 Å². The predicted octanol–water partition coefficient (Wildman–Crippen LogP) is 5.67. The Balaban J connectivity index is 0.000000512. The molecular formula is C12H12Cl4P2. The topological polar surface area (TPSA) is 0 Å². The van der Waals surface area contributed by atoms with Crippen molar-refractivity contribution in [1.82, 2.24) is 0 Å². The Morgan fingerprint density at radius 1 is 0.667 bits per heavy atom. The summed E-state index contributed by atoms with van der Waals surface area (Å²) in [5.74, 6) is -1.20. The van der Waals surface area contributed by atoms with E-state index in [4.69, 9.17) is 33.7 Å². The summed E-state index contributed by atoms with van der Waals surface area (Å²) in [6, 6.07) is 21.2. The van der Waals surface area contributed by atoms with Crippen molar-refractivity contribution in [3.8, 4) is 0 Å². The van der Waals surface area contributed by atoms with Crippen molar-refractivity contribution < 1.29 is 0 Å². The van der Waals surface area contributed by atoms with Crippen LogP contribution in [0, 0.1) is 0 Å². The van der Waals surface area contributed by atoms with E-state index in [0.29, 0.717) is 0 Å². The molecule has 0 aliphatic rings. The molecule has 2 rings (SSSR count). The summed E-state index contributed by atoms with van der Waals surface area (Å²) >= 11 is 14.6. The van der Waals surface area contributed by atoms with Crippen molar-refractivity contribution >= 4 is 71.3 Å². The molecule has 0 saturated heterocycles. The van der Waals surface area contributed by atoms with Crippen molar-refractivity contribution in [3.63, 3.8) is 0 Å². The van der Waals surface area contributed by atoms with Crippen LogP contribution in [-0.2, 0) is 0 Å². The standard InChI is InChI=1S/C12H11P.Cl3P.ClH/c1-3-7-11(8-4-1)13-12-9-5-2-6-10-12;1-4(2)3;/h1-10,13H;;1H. The van der Waals surface area contributed by atoms with Crippen molar-refractivity contribution in [2.75, 3.05) is 0 Å². The Kier molecular flexibility index (Phi) is 11.6. The van der Waals surface area contributed by atoms with E-state index >= 15 is 0 Å². The van der Waals surface area contributed by atoms with Crippen molar-refractivity contribution in [2.45, 2.75) is 0 Å². The minimum atomic E-state index is -1.20. The Morgan fingerprint density at radius 3 is 1.22 bits per heavy atom. The molecule has 0 atom stereocenters. The number of benzene rings is 2. The molecule has 0 heterocycles. The van der Waals surface area contributed by atoms with E-state index in [1.807, 2.05) is 0 Å². The van der Waals surface area contributed by atoms with Crippen LogP contribution < -0.4 is 10.6 Å². The van der Waals surface area contributed by atoms with Gasteiger partial charge in [-0.2, -0.15) is 0 Å². The molecule has 0 fully saturated rings. The molecule has 0 aliphatic heterocycles. The lowest BCUT2D eigenvalue weighted by Gasteiger charge is -2.00. The maximum absolute atomic E-state index is 4.87. The highest BCUT2D eigenvalue weighted by molar-refractivity contribution is 8.20. The quantitative estimate of drug-likeness (QED) is 0.606. The first kappa shape index (κ1) is 18.5. The molecule has 0 radical (unpaired) electrons. The van der Waals surface area contributed by atoms with Gasteiger partial charge in [-0.3, -0.25) is 0 Å². The zero-order chi connectivity index (χ0) is 12.5. The largest absolute Gasteiger partial charge is 0.179 e. The second-order valence-corrected chi connectivity index (χ2v) is 9.44. The van der Waals surface area contributed by atoms with E-state index in [2.05, 4.69) is 60.7 Å². The molecule has 0 nitrogen and oxygen atoms in total. The molecule has 18 heavy (non-hydrogen) atoms. The summed E-state index contributed by atoms with van der Waals surface area (Å²) in [4.78, 5) is 0. The van der Waals surface area contributed by atoms with Gasteiger partial charge in [0.05, 0.1) is 0 Å². The van der Waals surface area contributed by atoms with Crippen molar-refractivity contribution in [2.24, 2.45) is 0 Å². The van der Waals surface area contributed by atoms with Crippen LogP contribution in [0.1, 0.15) is 0 Å². The van der Waals surface area contributed by atoms with E-state index in [1.54, 1.807) is 0 Å². The van der Waals surface area contributed by atoms with Gasteiger partial charge in [0, 0.05) is 0 Å². The van der Waals surface area contributed by atoms with Gasteiger partial charge in [0.15, 0.2) is 5.98 Å². The lowest BCUT2D eigenvalue weighted by Crippen LogP contribution is -2.01. The van der Waals surface area contributed by atoms with E-state index in [0.717, 1.165) is 8.58 Å². The summed E-state index contributed by atoms with van der Waals surface area (Å²) in [6.45, 7) is 0. The van der Waals surface area contributed by atoms with Crippen LogP contribution >= 0.6 is 60.7 Å². The Bertz CT molecular complexity index is 369. The summed E-state index contributed by atoms with van der Waals surface area (Å²) < 4.78 is 0. The maximum Gasteiger partial charge on any atom is 0.179 e. The third-order valence-corrected chi connectivity index (χ3v) is 3.08. The maximum atomic E-state index is 4.87. The van der Waals surface area contributed by atoms with E-state index in [9.17, 15) is 0 Å². The number of hydrogen-bond donors (Lipinski definition) is 0. The SMILES string of the molecule is Cl.ClP(Cl)Cl.c1ccc(Pc2ccccc2)cc1. The van der Waals surface area contributed by atoms with Gasteiger partial charge in [-0.05, 0) is 10.6 Å². The van der Waals surface area contributed by atoms with Gasteiger partial charge in [0.25, 0.3) is 0 Å². The molecule has 2 aromatic carbocycles. The molecule has 0 saturated carbocycles. The fourth-order valence-electron chi connectivity index (χ4n) is 1.21. The van der Waals surface area contributed by atoms with Crippen LogP contribution in [0.3, 0.4) is 0 Å². The number of rotatable bonds is 2. The first-order valence-corrected chi connectivity index (χ1v) is 9.89. The van der Waals surface area contributed by atoms with Crippen LogP contribution in [0.5, 0.6) is 0 Å². The Morgan fingerprint density at radius 2 is 0.944 bits per heavy atom. The third kappa shape index (κ3) is 9.40. The minimum Gasteiger partial charge on any atom is -0.147 e. The second-order valence-electron chi connectivity index (χ2n) is 3.05. The molecule has 6 heteroatoms. The molecule has 0 bridgehead atoms. The molecule has 0 spiro atoms. The predicted molar refractivity (Wildman–Crippen MR) is 92.2 cm³/mol. The van der Waals surface area contributed by atoms with Crippen LogP contribution in [0.25, 0.3) is 0 Å². The van der Waals surface area contributed by atoms with Gasteiger partial charge in [-0.1, -0.05) is 103 Å². The van der Waals surface area contributed by atoms with Crippen LogP contribution in [0.15, 0.2) is 60.7 Å². The van der Waals surface area contributed by atoms with Gasteiger partial charge in [-0.25, -0.2) is 0 Å². The summed E-state index contributed by atoms with van der Waals surface area (Å²) in [5, 5.41) is 2.79. The van der Waals surface area contributed by atoms with Crippen molar-refractivity contribution in [1.29, 1.82) is 0 Å². The van der Waals surface area contributed by atoms with Crippen molar-refractivity contribution in [3.05, 3.63) is 60.7 Å². The van der Waals surface area contributed by atoms with Gasteiger partial charge >= 0.3 is 0 Å². The highest BCUT2D eigenvalue weighted by Crippen LogP contribution is 2.51. The highest BCUT2D eigenvalue weighted by atomic mass is 36.0. The normalized spacial score (nSPS) is 9.11. The molecule has 0 unspecified atom stereocenters. The average Bonchev–Trinajstić information content (AvgIpc) is 2.31. The Hall–Kier alpha value is 0.460. The van der Waals surface area contributed by atoms with E-state index in [1.165, 1.54) is 10.6 Å². The summed E-state index contributed by atoms with van der Waals surface area (Å²) in [5.41, 5.74) is 0. The number of hydrogen-bond acceptors (Lipinski definition) is 0. The zero-order valence-electron chi connectivity index (χ0n) is 9.26. The minimum absolute atomic E-state index is 0. The molecule has 0 aliphatic carbocycles. The highest BCUT2D eigenvalue weighted by Gasteiger charge is 1.92. The summed E-state index contributed by atoms with van der Waals surface area (Å²) in [7, 11) is 0.777. The second kappa shape index (κ2) is 11.3. The smallest absolute Gasteiger partial charge is 0.147 e. The van der Waals surface area contributed by atoms with Gasteiger partial charge in [0.1, 0.15) is 0 Å². The van der Waals surface area contributed by atoms with Crippen LogP contribution in [0.2, 0.25) is 0 Å². The lowest BCUT2D eigenvalue weighted by atomic mass is 10.4. The van der Waals surface area contributed by atoms with E-state index in [-0.39, 0.29) is 12.4 Å². The molecule has 98 valence electrons. The molecule has 2 aromatic rings. The average molecular weight is 360 g/mol. The molecule has 0 amide bonds. The Labute approximate surface area is 131 Å².